The average Bonchev–Trinajstić information content (AvgIpc) is 2.43. The van der Waals surface area contributed by atoms with E-state index < -0.39 is 0 Å². The minimum Gasteiger partial charge on any atom is -0.296 e. The van der Waals surface area contributed by atoms with E-state index in [4.69, 9.17) is 0 Å². The molecule has 4 nitrogen and oxygen atoms in total. The summed E-state index contributed by atoms with van der Waals surface area (Å²) in [5, 5.41) is 2.34. The first-order valence-corrected chi connectivity index (χ1v) is 6.92. The molecule has 1 fully saturated rings. The molecule has 0 saturated carbocycles. The largest absolute Gasteiger partial charge is 0.296 e. The highest BCUT2D eigenvalue weighted by molar-refractivity contribution is 6.00. The van der Waals surface area contributed by atoms with E-state index in [1.165, 1.54) is 0 Å². The lowest BCUT2D eigenvalue weighted by atomic mass is 9.91. The van der Waals surface area contributed by atoms with Crippen molar-refractivity contribution in [1.82, 2.24) is 10.3 Å². The van der Waals surface area contributed by atoms with Crippen LogP contribution in [0, 0.1) is 6.92 Å². The number of hydrogen-bond acceptors (Lipinski definition) is 3. The number of nitrogens with zero attached hydrogens (tertiary/aromatic N) is 1. The van der Waals surface area contributed by atoms with E-state index in [-0.39, 0.29) is 17.7 Å². The Morgan fingerprint density at radius 2 is 1.79 bits per heavy atom. The Morgan fingerprint density at radius 3 is 2.32 bits per heavy atom. The number of pyridine rings is 1. The van der Waals surface area contributed by atoms with Gasteiger partial charge in [0.2, 0.25) is 11.8 Å². The zero-order valence-corrected chi connectivity index (χ0v) is 12.5. The van der Waals surface area contributed by atoms with Gasteiger partial charge in [-0.05, 0) is 24.5 Å². The van der Waals surface area contributed by atoms with E-state index in [1.54, 1.807) is 12.4 Å². The van der Waals surface area contributed by atoms with Crippen LogP contribution >= 0.6 is 0 Å². The van der Waals surface area contributed by atoms with Crippen LogP contribution in [-0.4, -0.2) is 16.8 Å². The van der Waals surface area contributed by atoms with Crippen molar-refractivity contribution in [1.29, 1.82) is 0 Å². The van der Waals surface area contributed by atoms with Gasteiger partial charge in [-0.3, -0.25) is 19.9 Å². The molecule has 4 heteroatoms. The fraction of sp³-hybridized carbons (Fsp3) is 0.533. The molecule has 1 aromatic rings. The predicted octanol–water partition coefficient (Wildman–Crippen LogP) is 2.96. The first-order valence-electron chi connectivity index (χ1n) is 6.92. The van der Waals surface area contributed by atoms with Crippen LogP contribution in [0.2, 0.25) is 0 Å². The van der Waals surface area contributed by atoms with Gasteiger partial charge in [0, 0.05) is 18.8 Å². The van der Waals surface area contributed by atoms with Crippen molar-refractivity contribution in [2.75, 3.05) is 0 Å². The lowest BCUT2D eigenvalue weighted by molar-refractivity contribution is -0.134. The van der Waals surface area contributed by atoms with Crippen molar-refractivity contribution in [2.45, 2.75) is 53.4 Å². The van der Waals surface area contributed by atoms with Gasteiger partial charge in [0.15, 0.2) is 0 Å². The smallest absolute Gasteiger partial charge is 0.234 e. The Morgan fingerprint density at radius 1 is 1.16 bits per heavy atom. The van der Waals surface area contributed by atoms with Crippen LogP contribution < -0.4 is 5.32 Å². The van der Waals surface area contributed by atoms with E-state index in [0.29, 0.717) is 12.8 Å². The SMILES string of the molecule is CC.CC.Cc1cncc(C2CCC(=O)NC2=O)c1. The molecule has 0 aliphatic carbocycles. The molecule has 19 heavy (non-hydrogen) atoms. The fourth-order valence-electron chi connectivity index (χ4n) is 1.78. The molecule has 0 spiro atoms. The van der Waals surface area contributed by atoms with Crippen molar-refractivity contribution in [3.63, 3.8) is 0 Å². The topological polar surface area (TPSA) is 59.1 Å². The van der Waals surface area contributed by atoms with E-state index in [2.05, 4.69) is 10.3 Å². The molecule has 1 N–H and O–H groups in total. The molecule has 1 aliphatic heterocycles. The number of carbonyl (C=O) groups is 2. The first-order chi connectivity index (χ1) is 9.16. The Kier molecular flexibility index (Phi) is 8.42. The Labute approximate surface area is 115 Å². The van der Waals surface area contributed by atoms with E-state index >= 15 is 0 Å². The van der Waals surface area contributed by atoms with Gasteiger partial charge in [-0.2, -0.15) is 0 Å². The van der Waals surface area contributed by atoms with Gasteiger partial charge in [0.05, 0.1) is 5.92 Å². The molecule has 1 saturated heterocycles. The second-order valence-electron chi connectivity index (χ2n) is 3.80. The quantitative estimate of drug-likeness (QED) is 0.793. The molecular formula is C15H24N2O2. The first kappa shape index (κ1) is 17.3. The lowest BCUT2D eigenvalue weighted by Gasteiger charge is -2.20. The highest BCUT2D eigenvalue weighted by Gasteiger charge is 2.27. The van der Waals surface area contributed by atoms with Crippen molar-refractivity contribution in [2.24, 2.45) is 0 Å². The Balaban J connectivity index is 0.000000741. The van der Waals surface area contributed by atoms with Crippen molar-refractivity contribution >= 4 is 11.8 Å². The summed E-state index contributed by atoms with van der Waals surface area (Å²) in [6.07, 6.45) is 4.42. The maximum atomic E-state index is 11.6. The number of hydrogen-bond donors (Lipinski definition) is 1. The molecule has 1 aromatic heterocycles. The third-order valence-corrected chi connectivity index (χ3v) is 2.54. The Bertz CT molecular complexity index is 416. The second-order valence-corrected chi connectivity index (χ2v) is 3.80. The van der Waals surface area contributed by atoms with Gasteiger partial charge in [-0.1, -0.05) is 33.8 Å². The summed E-state index contributed by atoms with van der Waals surface area (Å²) in [5.41, 5.74) is 1.91. The summed E-state index contributed by atoms with van der Waals surface area (Å²) in [7, 11) is 0. The maximum Gasteiger partial charge on any atom is 0.234 e. The highest BCUT2D eigenvalue weighted by atomic mass is 16.2. The van der Waals surface area contributed by atoms with E-state index in [9.17, 15) is 9.59 Å². The normalized spacial score (nSPS) is 17.4. The zero-order valence-electron chi connectivity index (χ0n) is 12.5. The van der Waals surface area contributed by atoms with Crippen LogP contribution in [0.4, 0.5) is 0 Å². The molecule has 0 aromatic carbocycles. The van der Waals surface area contributed by atoms with Crippen LogP contribution in [0.25, 0.3) is 0 Å². The van der Waals surface area contributed by atoms with Crippen LogP contribution in [0.3, 0.4) is 0 Å². The van der Waals surface area contributed by atoms with Crippen LogP contribution in [0.1, 0.15) is 57.6 Å². The zero-order chi connectivity index (χ0) is 14.8. The molecule has 2 rings (SSSR count). The van der Waals surface area contributed by atoms with Gasteiger partial charge >= 0.3 is 0 Å². The minimum absolute atomic E-state index is 0.183. The van der Waals surface area contributed by atoms with Gasteiger partial charge < -0.3 is 0 Å². The molecule has 1 unspecified atom stereocenters. The number of aryl methyl sites for hydroxylation is 1. The van der Waals surface area contributed by atoms with Gasteiger partial charge in [0.25, 0.3) is 0 Å². The molecule has 0 bridgehead atoms. The predicted molar refractivity (Wildman–Crippen MR) is 76.8 cm³/mol. The number of nitrogens with one attached hydrogen (secondary N) is 1. The van der Waals surface area contributed by atoms with Crippen LogP contribution in [0.5, 0.6) is 0 Å². The number of piperidine rings is 1. The van der Waals surface area contributed by atoms with Crippen LogP contribution in [-0.2, 0) is 9.59 Å². The fourth-order valence-corrected chi connectivity index (χ4v) is 1.78. The van der Waals surface area contributed by atoms with E-state index in [1.807, 2.05) is 40.7 Å². The maximum absolute atomic E-state index is 11.6. The minimum atomic E-state index is -0.227. The number of amides is 2. The molecule has 0 radical (unpaired) electrons. The lowest BCUT2D eigenvalue weighted by Crippen LogP contribution is -2.39. The summed E-state index contributed by atoms with van der Waals surface area (Å²) in [6, 6.07) is 1.94. The molecule has 1 aliphatic rings. The third kappa shape index (κ3) is 5.20. The molecule has 1 atom stereocenters. The Hall–Kier alpha value is -1.71. The van der Waals surface area contributed by atoms with Crippen molar-refractivity contribution < 1.29 is 9.59 Å². The highest BCUT2D eigenvalue weighted by Crippen LogP contribution is 2.24. The van der Waals surface area contributed by atoms with Gasteiger partial charge in [-0.25, -0.2) is 0 Å². The number of carbonyl (C=O) groups excluding carboxylic acids is 2. The van der Waals surface area contributed by atoms with E-state index in [0.717, 1.165) is 11.1 Å². The van der Waals surface area contributed by atoms with Crippen LogP contribution in [0.15, 0.2) is 18.5 Å². The summed E-state index contributed by atoms with van der Waals surface area (Å²) >= 11 is 0. The molecule has 2 heterocycles. The summed E-state index contributed by atoms with van der Waals surface area (Å²) < 4.78 is 0. The standard InChI is InChI=1S/C11H12N2O2.2C2H6/c1-7-4-8(6-12-5-7)9-2-3-10(14)13-11(9)15;2*1-2/h4-6,9H,2-3H2,1H3,(H,13,14,15);2*1-2H3. The van der Waals surface area contributed by atoms with Gasteiger partial charge in [0.1, 0.15) is 0 Å². The van der Waals surface area contributed by atoms with Crippen molar-refractivity contribution in [3.8, 4) is 0 Å². The summed E-state index contributed by atoms with van der Waals surface area (Å²) in [6.45, 7) is 9.93. The molecule has 106 valence electrons. The number of rotatable bonds is 1. The monoisotopic (exact) mass is 264 g/mol. The molecular weight excluding hydrogens is 240 g/mol. The second kappa shape index (κ2) is 9.25. The number of imide groups is 1. The summed E-state index contributed by atoms with van der Waals surface area (Å²) in [4.78, 5) is 26.6. The summed E-state index contributed by atoms with van der Waals surface area (Å²) in [5.74, 6) is -0.620. The average molecular weight is 264 g/mol. The van der Waals surface area contributed by atoms with Gasteiger partial charge in [-0.15, -0.1) is 0 Å². The third-order valence-electron chi connectivity index (χ3n) is 2.54. The molecule has 2 amide bonds. The number of aromatic nitrogens is 1. The van der Waals surface area contributed by atoms with Crippen molar-refractivity contribution in [3.05, 3.63) is 29.6 Å².